The van der Waals surface area contributed by atoms with Crippen LogP contribution in [0.4, 0.5) is 0 Å². The van der Waals surface area contributed by atoms with Crippen LogP contribution in [0.25, 0.3) is 0 Å². The molecule has 1 aromatic heterocycles. The molecular formula is C18H24S. The summed E-state index contributed by atoms with van der Waals surface area (Å²) in [5.41, 5.74) is 4.45. The third-order valence-electron chi connectivity index (χ3n) is 4.42. The summed E-state index contributed by atoms with van der Waals surface area (Å²) < 4.78 is 0. The maximum atomic E-state index is 2.40. The quantitative estimate of drug-likeness (QED) is 0.662. The maximum absolute atomic E-state index is 2.40. The summed E-state index contributed by atoms with van der Waals surface area (Å²) in [6, 6.07) is 11.4. The Kier molecular flexibility index (Phi) is 4.15. The van der Waals surface area contributed by atoms with E-state index in [9.17, 15) is 0 Å². The van der Waals surface area contributed by atoms with Crippen molar-refractivity contribution in [2.75, 3.05) is 0 Å². The molecule has 0 aliphatic heterocycles. The van der Waals surface area contributed by atoms with Gasteiger partial charge in [-0.1, -0.05) is 43.7 Å². The van der Waals surface area contributed by atoms with Crippen LogP contribution in [0, 0.1) is 20.8 Å². The Bertz CT molecular complexity index is 539. The van der Waals surface area contributed by atoms with Gasteiger partial charge >= 0.3 is 0 Å². The molecule has 0 atom stereocenters. The van der Waals surface area contributed by atoms with Crippen molar-refractivity contribution in [1.82, 2.24) is 0 Å². The molecule has 0 saturated heterocycles. The predicted molar refractivity (Wildman–Crippen MR) is 86.3 cm³/mol. The van der Waals surface area contributed by atoms with E-state index >= 15 is 0 Å². The largest absolute Gasteiger partial charge is 0.144 e. The first-order chi connectivity index (χ1) is 9.03. The molecule has 2 aromatic rings. The molecule has 1 heteroatoms. The molecule has 0 bridgehead atoms. The number of hydrogen-bond acceptors (Lipinski definition) is 1. The number of thiophene rings is 1. The van der Waals surface area contributed by atoms with Crippen molar-refractivity contribution in [3.8, 4) is 0 Å². The first kappa shape index (κ1) is 14.3. The molecule has 1 aromatic carbocycles. The summed E-state index contributed by atoms with van der Waals surface area (Å²) in [4.78, 5) is 2.98. The van der Waals surface area contributed by atoms with Crippen molar-refractivity contribution in [2.45, 2.75) is 52.9 Å². The fourth-order valence-electron chi connectivity index (χ4n) is 2.90. The highest BCUT2D eigenvalue weighted by atomic mass is 32.1. The lowest BCUT2D eigenvalue weighted by atomic mass is 9.74. The molecule has 0 aliphatic rings. The molecule has 0 unspecified atom stereocenters. The number of benzene rings is 1. The van der Waals surface area contributed by atoms with Gasteiger partial charge in [0.1, 0.15) is 0 Å². The van der Waals surface area contributed by atoms with E-state index in [-0.39, 0.29) is 5.41 Å². The molecule has 0 fully saturated rings. The van der Waals surface area contributed by atoms with Gasteiger partial charge in [0, 0.05) is 15.2 Å². The van der Waals surface area contributed by atoms with Gasteiger partial charge in [0.25, 0.3) is 0 Å². The second-order valence-corrected chi connectivity index (χ2v) is 6.76. The molecule has 0 radical (unpaired) electrons. The first-order valence-corrected chi connectivity index (χ1v) is 7.99. The van der Waals surface area contributed by atoms with Crippen molar-refractivity contribution in [3.63, 3.8) is 0 Å². The number of hydrogen-bond donors (Lipinski definition) is 0. The van der Waals surface area contributed by atoms with E-state index in [1.807, 2.05) is 11.3 Å². The molecule has 0 N–H and O–H groups in total. The van der Waals surface area contributed by atoms with Gasteiger partial charge < -0.3 is 0 Å². The van der Waals surface area contributed by atoms with Gasteiger partial charge in [0.2, 0.25) is 0 Å². The van der Waals surface area contributed by atoms with E-state index in [0.717, 1.165) is 12.8 Å². The smallest absolute Gasteiger partial charge is 0.0291 e. The summed E-state index contributed by atoms with van der Waals surface area (Å²) in [7, 11) is 0. The average Bonchev–Trinajstić information content (AvgIpc) is 2.72. The zero-order valence-corrected chi connectivity index (χ0v) is 13.5. The third-order valence-corrected chi connectivity index (χ3v) is 5.77. The van der Waals surface area contributed by atoms with E-state index in [1.165, 1.54) is 26.4 Å². The van der Waals surface area contributed by atoms with Crippen molar-refractivity contribution in [1.29, 1.82) is 0 Å². The molecule has 0 aliphatic carbocycles. The van der Waals surface area contributed by atoms with Crippen LogP contribution in [-0.4, -0.2) is 0 Å². The Labute approximate surface area is 121 Å². The Balaban J connectivity index is 2.60. The fraction of sp³-hybridized carbons (Fsp3) is 0.444. The minimum absolute atomic E-state index is 0.190. The lowest BCUT2D eigenvalue weighted by Crippen LogP contribution is -2.24. The van der Waals surface area contributed by atoms with E-state index in [0.29, 0.717) is 0 Å². The highest BCUT2D eigenvalue weighted by molar-refractivity contribution is 7.12. The zero-order valence-electron chi connectivity index (χ0n) is 12.7. The highest BCUT2D eigenvalue weighted by Gasteiger charge is 2.32. The van der Waals surface area contributed by atoms with E-state index in [1.54, 1.807) is 0 Å². The monoisotopic (exact) mass is 272 g/mol. The summed E-state index contributed by atoms with van der Waals surface area (Å²) in [6.07, 6.45) is 2.32. The SMILES string of the molecule is CCC(CC)(c1cccc(C)c1)c1cc(C)c(C)s1. The normalized spacial score (nSPS) is 11.8. The van der Waals surface area contributed by atoms with Crippen molar-refractivity contribution >= 4 is 11.3 Å². The molecule has 102 valence electrons. The third kappa shape index (κ3) is 2.49. The molecule has 0 spiro atoms. The van der Waals surface area contributed by atoms with E-state index < -0.39 is 0 Å². The second-order valence-electron chi connectivity index (χ2n) is 5.51. The van der Waals surface area contributed by atoms with Crippen molar-refractivity contribution in [3.05, 3.63) is 56.8 Å². The molecule has 2 rings (SSSR count). The minimum Gasteiger partial charge on any atom is -0.144 e. The van der Waals surface area contributed by atoms with Crippen LogP contribution in [0.3, 0.4) is 0 Å². The number of rotatable bonds is 4. The highest BCUT2D eigenvalue weighted by Crippen LogP contribution is 2.43. The van der Waals surface area contributed by atoms with Crippen LogP contribution < -0.4 is 0 Å². The van der Waals surface area contributed by atoms with Crippen molar-refractivity contribution < 1.29 is 0 Å². The first-order valence-electron chi connectivity index (χ1n) is 7.18. The standard InChI is InChI=1S/C18H24S/c1-6-18(7-2,16-10-8-9-13(3)11-16)17-12-14(4)15(5)19-17/h8-12H,6-7H2,1-5H3. The van der Waals surface area contributed by atoms with Crippen LogP contribution in [0.15, 0.2) is 30.3 Å². The van der Waals surface area contributed by atoms with Crippen molar-refractivity contribution in [2.24, 2.45) is 0 Å². The summed E-state index contributed by atoms with van der Waals surface area (Å²) in [6.45, 7) is 11.3. The van der Waals surface area contributed by atoms with E-state index in [4.69, 9.17) is 0 Å². The Morgan fingerprint density at radius 2 is 1.68 bits per heavy atom. The van der Waals surface area contributed by atoms with Gasteiger partial charge in [0.15, 0.2) is 0 Å². The van der Waals surface area contributed by atoms with Gasteiger partial charge in [-0.05, 0) is 50.8 Å². The number of aryl methyl sites for hydroxylation is 3. The van der Waals surface area contributed by atoms with Crippen LogP contribution in [-0.2, 0) is 5.41 Å². The summed E-state index contributed by atoms with van der Waals surface area (Å²) in [5.74, 6) is 0. The zero-order chi connectivity index (χ0) is 14.0. The molecule has 0 amide bonds. The molecule has 1 heterocycles. The molecular weight excluding hydrogens is 248 g/mol. The lowest BCUT2D eigenvalue weighted by molar-refractivity contribution is 0.487. The van der Waals surface area contributed by atoms with Gasteiger partial charge in [-0.15, -0.1) is 11.3 Å². The Morgan fingerprint density at radius 1 is 1.00 bits per heavy atom. The average molecular weight is 272 g/mol. The summed E-state index contributed by atoms with van der Waals surface area (Å²) in [5, 5.41) is 0. The van der Waals surface area contributed by atoms with Gasteiger partial charge in [-0.25, -0.2) is 0 Å². The van der Waals surface area contributed by atoms with Gasteiger partial charge in [0.05, 0.1) is 0 Å². The van der Waals surface area contributed by atoms with Gasteiger partial charge in [-0.2, -0.15) is 0 Å². The van der Waals surface area contributed by atoms with Crippen LogP contribution in [0.1, 0.15) is 53.1 Å². The minimum atomic E-state index is 0.190. The second kappa shape index (κ2) is 5.50. The van der Waals surface area contributed by atoms with E-state index in [2.05, 4.69) is 65.0 Å². The topological polar surface area (TPSA) is 0 Å². The summed E-state index contributed by atoms with van der Waals surface area (Å²) >= 11 is 1.97. The van der Waals surface area contributed by atoms with Crippen LogP contribution in [0.2, 0.25) is 0 Å². The van der Waals surface area contributed by atoms with Crippen LogP contribution in [0.5, 0.6) is 0 Å². The maximum Gasteiger partial charge on any atom is 0.0291 e. The molecule has 0 saturated carbocycles. The Morgan fingerprint density at radius 3 is 2.16 bits per heavy atom. The van der Waals surface area contributed by atoms with Crippen LogP contribution >= 0.6 is 11.3 Å². The predicted octanol–water partition coefficient (Wildman–Crippen LogP) is 5.78. The Hall–Kier alpha value is -1.08. The molecule has 19 heavy (non-hydrogen) atoms. The lowest BCUT2D eigenvalue weighted by Gasteiger charge is -2.32. The molecule has 0 nitrogen and oxygen atoms in total. The van der Waals surface area contributed by atoms with Gasteiger partial charge in [-0.3, -0.25) is 0 Å². The fourth-order valence-corrected chi connectivity index (χ4v) is 4.29.